The van der Waals surface area contributed by atoms with Gasteiger partial charge in [0.05, 0.1) is 11.3 Å². The molecule has 5 nitrogen and oxygen atoms in total. The lowest BCUT2D eigenvalue weighted by atomic mass is 10.1. The maximum Gasteiger partial charge on any atom is 0.264 e. The molecule has 0 aromatic carbocycles. The Morgan fingerprint density at radius 1 is 1.33 bits per heavy atom. The lowest BCUT2D eigenvalue weighted by molar-refractivity contribution is 0.994. The van der Waals surface area contributed by atoms with Gasteiger partial charge >= 0.3 is 0 Å². The van der Waals surface area contributed by atoms with E-state index in [9.17, 15) is 4.79 Å². The van der Waals surface area contributed by atoms with Crippen LogP contribution in [0.25, 0.3) is 11.3 Å². The third-order valence-electron chi connectivity index (χ3n) is 1.84. The van der Waals surface area contributed by atoms with Crippen molar-refractivity contribution >= 4 is 0 Å². The van der Waals surface area contributed by atoms with Crippen molar-refractivity contribution < 1.29 is 0 Å². The molecule has 0 aliphatic rings. The number of nitrogens with one attached hydrogen (secondary N) is 1. The summed E-state index contributed by atoms with van der Waals surface area (Å²) in [5.41, 5.74) is 1.48. The minimum absolute atomic E-state index is 0.261. The monoisotopic (exact) mass is 198 g/mol. The van der Waals surface area contributed by atoms with E-state index >= 15 is 0 Å². The molecular formula is C10H6N4O. The van der Waals surface area contributed by atoms with Crippen LogP contribution in [0.15, 0.2) is 35.4 Å². The molecule has 2 heterocycles. The molecule has 0 saturated carbocycles. The Kier molecular flexibility index (Phi) is 2.25. The average Bonchev–Trinajstić information content (AvgIpc) is 2.30. The van der Waals surface area contributed by atoms with Crippen molar-refractivity contribution in [2.75, 3.05) is 0 Å². The van der Waals surface area contributed by atoms with Crippen LogP contribution < -0.4 is 5.56 Å². The summed E-state index contributed by atoms with van der Waals surface area (Å²) in [6, 6.07) is 6.60. The van der Waals surface area contributed by atoms with E-state index in [0.717, 1.165) is 0 Å². The van der Waals surface area contributed by atoms with Crippen LogP contribution >= 0.6 is 0 Å². The van der Waals surface area contributed by atoms with E-state index in [1.54, 1.807) is 18.3 Å². The van der Waals surface area contributed by atoms with Crippen LogP contribution in [0.1, 0.15) is 5.56 Å². The first kappa shape index (κ1) is 9.09. The van der Waals surface area contributed by atoms with E-state index < -0.39 is 0 Å². The second-order valence-electron chi connectivity index (χ2n) is 2.88. The topological polar surface area (TPSA) is 82.4 Å². The van der Waals surface area contributed by atoms with Gasteiger partial charge in [-0.25, -0.2) is 5.10 Å². The number of nitrogens with zero attached hydrogens (tertiary/aromatic N) is 3. The summed E-state index contributed by atoms with van der Waals surface area (Å²) in [6.07, 6.45) is 3.05. The number of aromatic amines is 1. The highest BCUT2D eigenvalue weighted by molar-refractivity contribution is 5.58. The molecule has 0 amide bonds. The van der Waals surface area contributed by atoms with Crippen LogP contribution in [0.5, 0.6) is 0 Å². The predicted molar refractivity (Wildman–Crippen MR) is 52.8 cm³/mol. The van der Waals surface area contributed by atoms with Gasteiger partial charge in [0.15, 0.2) is 0 Å². The fraction of sp³-hybridized carbons (Fsp3) is 0. The van der Waals surface area contributed by atoms with E-state index in [1.807, 2.05) is 6.07 Å². The highest BCUT2D eigenvalue weighted by Crippen LogP contribution is 2.14. The minimum Gasteiger partial charge on any atom is -0.268 e. The van der Waals surface area contributed by atoms with Gasteiger partial charge in [-0.15, -0.1) is 0 Å². The maximum atomic E-state index is 10.8. The predicted octanol–water partition coefficient (Wildman–Crippen LogP) is 0.704. The number of hydrogen-bond acceptors (Lipinski definition) is 4. The Balaban J connectivity index is 2.50. The van der Waals surface area contributed by atoms with Crippen LogP contribution in [0.2, 0.25) is 0 Å². The van der Waals surface area contributed by atoms with Crippen molar-refractivity contribution in [3.8, 4) is 17.3 Å². The number of rotatable bonds is 1. The molecule has 0 atom stereocenters. The van der Waals surface area contributed by atoms with Gasteiger partial charge in [-0.3, -0.25) is 9.78 Å². The maximum absolute atomic E-state index is 10.8. The Hall–Kier alpha value is -2.48. The molecule has 0 saturated heterocycles. The lowest BCUT2D eigenvalue weighted by Gasteiger charge is -1.98. The Morgan fingerprint density at radius 2 is 2.20 bits per heavy atom. The normalized spacial score (nSPS) is 9.53. The summed E-state index contributed by atoms with van der Waals surface area (Å²) in [6.45, 7) is 0. The second kappa shape index (κ2) is 3.72. The molecule has 2 aromatic rings. The van der Waals surface area contributed by atoms with Gasteiger partial charge in [0, 0.05) is 24.0 Å². The first-order chi connectivity index (χ1) is 7.29. The van der Waals surface area contributed by atoms with Crippen molar-refractivity contribution in [2.24, 2.45) is 0 Å². The van der Waals surface area contributed by atoms with Crippen molar-refractivity contribution in [2.45, 2.75) is 0 Å². The van der Waals surface area contributed by atoms with E-state index in [-0.39, 0.29) is 5.56 Å². The molecule has 1 N–H and O–H groups in total. The van der Waals surface area contributed by atoms with E-state index in [1.165, 1.54) is 12.3 Å². The lowest BCUT2D eigenvalue weighted by Crippen LogP contribution is -2.05. The Labute approximate surface area is 85.0 Å². The molecule has 0 aliphatic carbocycles. The SMILES string of the molecule is N#Cc1cncc(-c2ccc(=O)[nH]n2)c1. The molecule has 0 aliphatic heterocycles. The molecule has 0 fully saturated rings. The second-order valence-corrected chi connectivity index (χ2v) is 2.88. The van der Waals surface area contributed by atoms with Crippen molar-refractivity contribution in [3.05, 3.63) is 46.5 Å². The van der Waals surface area contributed by atoms with Crippen LogP contribution in [-0.2, 0) is 0 Å². The standard InChI is InChI=1S/C10H6N4O/c11-4-7-3-8(6-12-5-7)9-1-2-10(15)14-13-9/h1-3,5-6H,(H,14,15). The number of H-pyrrole nitrogens is 1. The molecule has 0 radical (unpaired) electrons. The van der Waals surface area contributed by atoms with E-state index in [0.29, 0.717) is 16.8 Å². The largest absolute Gasteiger partial charge is 0.268 e. The van der Waals surface area contributed by atoms with Gasteiger partial charge in [0.1, 0.15) is 6.07 Å². The summed E-state index contributed by atoms with van der Waals surface area (Å²) < 4.78 is 0. The van der Waals surface area contributed by atoms with Gasteiger partial charge in [0.25, 0.3) is 5.56 Å². The highest BCUT2D eigenvalue weighted by Gasteiger charge is 2.00. The number of hydrogen-bond donors (Lipinski definition) is 1. The van der Waals surface area contributed by atoms with Gasteiger partial charge < -0.3 is 0 Å². The third kappa shape index (κ3) is 1.89. The van der Waals surface area contributed by atoms with Gasteiger partial charge in [0.2, 0.25) is 0 Å². The first-order valence-corrected chi connectivity index (χ1v) is 4.21. The van der Waals surface area contributed by atoms with Crippen molar-refractivity contribution in [1.82, 2.24) is 15.2 Å². The van der Waals surface area contributed by atoms with Gasteiger partial charge in [-0.2, -0.15) is 10.4 Å². The quantitative estimate of drug-likeness (QED) is 0.731. The third-order valence-corrected chi connectivity index (χ3v) is 1.84. The summed E-state index contributed by atoms with van der Waals surface area (Å²) in [7, 11) is 0. The summed E-state index contributed by atoms with van der Waals surface area (Å²) in [5, 5.41) is 14.8. The van der Waals surface area contributed by atoms with Crippen LogP contribution in [0.4, 0.5) is 0 Å². The molecule has 15 heavy (non-hydrogen) atoms. The molecule has 2 rings (SSSR count). The Bertz CT molecular complexity index is 562. The summed E-state index contributed by atoms with van der Waals surface area (Å²) in [4.78, 5) is 14.7. The summed E-state index contributed by atoms with van der Waals surface area (Å²) >= 11 is 0. The molecule has 0 bridgehead atoms. The highest BCUT2D eigenvalue weighted by atomic mass is 16.1. The molecule has 0 spiro atoms. The molecule has 5 heteroatoms. The smallest absolute Gasteiger partial charge is 0.264 e. The fourth-order valence-electron chi connectivity index (χ4n) is 1.15. The first-order valence-electron chi connectivity index (χ1n) is 4.21. The molecule has 0 unspecified atom stereocenters. The number of nitriles is 1. The fourth-order valence-corrected chi connectivity index (χ4v) is 1.15. The zero-order valence-corrected chi connectivity index (χ0v) is 7.64. The Morgan fingerprint density at radius 3 is 2.87 bits per heavy atom. The molecular weight excluding hydrogens is 192 g/mol. The van der Waals surface area contributed by atoms with E-state index in [4.69, 9.17) is 5.26 Å². The van der Waals surface area contributed by atoms with Gasteiger partial charge in [-0.1, -0.05) is 0 Å². The van der Waals surface area contributed by atoms with Crippen LogP contribution in [0, 0.1) is 11.3 Å². The zero-order valence-electron chi connectivity index (χ0n) is 7.64. The van der Waals surface area contributed by atoms with Crippen molar-refractivity contribution in [3.63, 3.8) is 0 Å². The molecule has 2 aromatic heterocycles. The van der Waals surface area contributed by atoms with E-state index in [2.05, 4.69) is 15.2 Å². The summed E-state index contributed by atoms with van der Waals surface area (Å²) in [5.74, 6) is 0. The zero-order chi connectivity index (χ0) is 10.7. The number of aromatic nitrogens is 3. The van der Waals surface area contributed by atoms with Crippen molar-refractivity contribution in [1.29, 1.82) is 5.26 Å². The number of pyridine rings is 1. The van der Waals surface area contributed by atoms with Crippen LogP contribution in [0.3, 0.4) is 0 Å². The minimum atomic E-state index is -0.261. The molecule has 72 valence electrons. The van der Waals surface area contributed by atoms with Crippen LogP contribution in [-0.4, -0.2) is 15.2 Å². The average molecular weight is 198 g/mol. The van der Waals surface area contributed by atoms with Gasteiger partial charge in [-0.05, 0) is 12.1 Å².